The van der Waals surface area contributed by atoms with Gasteiger partial charge in [0.2, 0.25) is 0 Å². The van der Waals surface area contributed by atoms with E-state index in [1.54, 1.807) is 13.3 Å². The quantitative estimate of drug-likeness (QED) is 0.592. The molecule has 0 bridgehead atoms. The van der Waals surface area contributed by atoms with Crippen molar-refractivity contribution in [1.82, 2.24) is 25.3 Å². The van der Waals surface area contributed by atoms with E-state index in [1.807, 2.05) is 43.3 Å². The number of carbonyl (C=O) groups excluding carboxylic acids is 1. The number of benzene rings is 1. The van der Waals surface area contributed by atoms with Crippen LogP contribution < -0.4 is 10.1 Å². The number of nitrogens with zero attached hydrogens (tertiary/aromatic N) is 3. The van der Waals surface area contributed by atoms with Gasteiger partial charge in [0, 0.05) is 11.6 Å². The molecular weight excluding hydrogens is 330 g/mol. The standard InChI is InChI=1S/C19H17N5O2/c1-11-14(9-12-8-13(26-2)5-6-15(12)22-11)19(25)21-10-17-23-16-4-3-7-20-18(16)24-17/h3-9H,10H2,1-2H3,(H,21,25)(H,20,23,24). The van der Waals surface area contributed by atoms with Gasteiger partial charge in [0.25, 0.3) is 5.91 Å². The van der Waals surface area contributed by atoms with Crippen molar-refractivity contribution in [3.8, 4) is 5.75 Å². The predicted molar refractivity (Wildman–Crippen MR) is 98.1 cm³/mol. The minimum Gasteiger partial charge on any atom is -0.497 e. The van der Waals surface area contributed by atoms with Crippen molar-refractivity contribution in [2.24, 2.45) is 0 Å². The molecule has 0 radical (unpaired) electrons. The lowest BCUT2D eigenvalue weighted by atomic mass is 10.1. The van der Waals surface area contributed by atoms with Crippen LogP contribution >= 0.6 is 0 Å². The number of imidazole rings is 1. The number of fused-ring (bicyclic) bond motifs is 2. The number of aryl methyl sites for hydroxylation is 1. The molecule has 7 heteroatoms. The molecule has 0 fully saturated rings. The largest absolute Gasteiger partial charge is 0.497 e. The van der Waals surface area contributed by atoms with E-state index >= 15 is 0 Å². The zero-order valence-electron chi connectivity index (χ0n) is 14.4. The highest BCUT2D eigenvalue weighted by Crippen LogP contribution is 2.22. The summed E-state index contributed by atoms with van der Waals surface area (Å²) < 4.78 is 5.24. The highest BCUT2D eigenvalue weighted by atomic mass is 16.5. The molecule has 0 aliphatic rings. The Bertz CT molecular complexity index is 1090. The fourth-order valence-corrected chi connectivity index (χ4v) is 2.85. The van der Waals surface area contributed by atoms with Crippen LogP contribution in [-0.4, -0.2) is 33.0 Å². The van der Waals surface area contributed by atoms with Crippen LogP contribution in [0.3, 0.4) is 0 Å². The summed E-state index contributed by atoms with van der Waals surface area (Å²) in [5, 5.41) is 3.73. The molecule has 0 aliphatic heterocycles. The maximum absolute atomic E-state index is 12.6. The number of nitrogens with one attached hydrogen (secondary N) is 2. The highest BCUT2D eigenvalue weighted by molar-refractivity contribution is 5.98. The number of ether oxygens (including phenoxy) is 1. The van der Waals surface area contributed by atoms with Crippen LogP contribution in [0, 0.1) is 6.92 Å². The Hall–Kier alpha value is -3.48. The van der Waals surface area contributed by atoms with E-state index in [0.29, 0.717) is 22.7 Å². The van der Waals surface area contributed by atoms with Gasteiger partial charge in [-0.15, -0.1) is 0 Å². The average molecular weight is 347 g/mol. The average Bonchev–Trinajstić information content (AvgIpc) is 3.08. The molecule has 1 aromatic carbocycles. The molecule has 2 N–H and O–H groups in total. The van der Waals surface area contributed by atoms with Gasteiger partial charge in [-0.1, -0.05) is 0 Å². The van der Waals surface area contributed by atoms with Crippen molar-refractivity contribution in [3.05, 3.63) is 59.7 Å². The normalized spacial score (nSPS) is 11.0. The van der Waals surface area contributed by atoms with Gasteiger partial charge < -0.3 is 15.0 Å². The number of amides is 1. The van der Waals surface area contributed by atoms with Crippen molar-refractivity contribution in [3.63, 3.8) is 0 Å². The van der Waals surface area contributed by atoms with Crippen LogP contribution in [0.15, 0.2) is 42.6 Å². The van der Waals surface area contributed by atoms with Gasteiger partial charge >= 0.3 is 0 Å². The molecule has 0 aliphatic carbocycles. The van der Waals surface area contributed by atoms with Gasteiger partial charge in [-0.3, -0.25) is 9.78 Å². The third-order valence-corrected chi connectivity index (χ3v) is 4.18. The first-order chi connectivity index (χ1) is 12.6. The molecule has 7 nitrogen and oxygen atoms in total. The van der Waals surface area contributed by atoms with E-state index in [-0.39, 0.29) is 12.5 Å². The Morgan fingerprint density at radius 1 is 1.23 bits per heavy atom. The fraction of sp³-hybridized carbons (Fsp3) is 0.158. The van der Waals surface area contributed by atoms with Crippen molar-refractivity contribution in [1.29, 1.82) is 0 Å². The number of aromatic nitrogens is 4. The van der Waals surface area contributed by atoms with Crippen LogP contribution in [0.1, 0.15) is 21.9 Å². The second-order valence-corrected chi connectivity index (χ2v) is 5.92. The summed E-state index contributed by atoms with van der Waals surface area (Å²) in [6.45, 7) is 2.11. The minimum absolute atomic E-state index is 0.201. The molecule has 26 heavy (non-hydrogen) atoms. The van der Waals surface area contributed by atoms with Crippen LogP contribution in [-0.2, 0) is 6.54 Å². The second-order valence-electron chi connectivity index (χ2n) is 5.92. The molecule has 1 amide bonds. The number of hydrogen-bond acceptors (Lipinski definition) is 5. The molecular formula is C19H17N5O2. The summed E-state index contributed by atoms with van der Waals surface area (Å²) in [6.07, 6.45) is 1.68. The molecule has 3 aromatic heterocycles. The summed E-state index contributed by atoms with van der Waals surface area (Å²) in [5.41, 5.74) is 3.49. The summed E-state index contributed by atoms with van der Waals surface area (Å²) in [5.74, 6) is 1.18. The van der Waals surface area contributed by atoms with Gasteiger partial charge in [0.15, 0.2) is 5.65 Å². The molecule has 4 aromatic rings. The van der Waals surface area contributed by atoms with Crippen LogP contribution in [0.25, 0.3) is 22.1 Å². The predicted octanol–water partition coefficient (Wildman–Crippen LogP) is 2.75. The van der Waals surface area contributed by atoms with Crippen LogP contribution in [0.4, 0.5) is 0 Å². The van der Waals surface area contributed by atoms with Crippen molar-refractivity contribution in [2.75, 3.05) is 7.11 Å². The van der Waals surface area contributed by atoms with Gasteiger partial charge in [0.1, 0.15) is 11.6 Å². The molecule has 0 saturated carbocycles. The lowest BCUT2D eigenvalue weighted by Gasteiger charge is -2.09. The van der Waals surface area contributed by atoms with Crippen molar-refractivity contribution in [2.45, 2.75) is 13.5 Å². The summed E-state index contributed by atoms with van der Waals surface area (Å²) in [7, 11) is 1.61. The Morgan fingerprint density at radius 3 is 2.92 bits per heavy atom. The van der Waals surface area contributed by atoms with Gasteiger partial charge in [-0.25, -0.2) is 9.97 Å². The molecule has 130 valence electrons. The maximum atomic E-state index is 12.6. The molecule has 0 spiro atoms. The first kappa shape index (κ1) is 16.0. The number of methoxy groups -OCH3 is 1. The van der Waals surface area contributed by atoms with E-state index in [4.69, 9.17) is 4.74 Å². The van der Waals surface area contributed by atoms with Crippen LogP contribution in [0.5, 0.6) is 5.75 Å². The van der Waals surface area contributed by atoms with E-state index in [0.717, 1.165) is 22.2 Å². The Morgan fingerprint density at radius 2 is 2.12 bits per heavy atom. The number of rotatable bonds is 4. The van der Waals surface area contributed by atoms with Gasteiger partial charge in [-0.05, 0) is 43.3 Å². The fourth-order valence-electron chi connectivity index (χ4n) is 2.85. The van der Waals surface area contributed by atoms with Crippen molar-refractivity contribution < 1.29 is 9.53 Å². The minimum atomic E-state index is -0.201. The van der Waals surface area contributed by atoms with Gasteiger partial charge in [-0.2, -0.15) is 0 Å². The number of aromatic amines is 1. The number of carbonyl (C=O) groups is 1. The molecule has 0 atom stereocenters. The second kappa shape index (κ2) is 6.44. The summed E-state index contributed by atoms with van der Waals surface area (Å²) in [4.78, 5) is 28.8. The first-order valence-electron chi connectivity index (χ1n) is 8.17. The lowest BCUT2D eigenvalue weighted by Crippen LogP contribution is -2.24. The smallest absolute Gasteiger partial charge is 0.253 e. The number of H-pyrrole nitrogens is 1. The number of pyridine rings is 2. The third kappa shape index (κ3) is 2.95. The van der Waals surface area contributed by atoms with E-state index in [9.17, 15) is 4.79 Å². The molecule has 4 rings (SSSR count). The highest BCUT2D eigenvalue weighted by Gasteiger charge is 2.13. The summed E-state index contributed by atoms with van der Waals surface area (Å²) >= 11 is 0. The monoisotopic (exact) mass is 347 g/mol. The maximum Gasteiger partial charge on any atom is 0.253 e. The van der Waals surface area contributed by atoms with E-state index in [1.165, 1.54) is 0 Å². The van der Waals surface area contributed by atoms with E-state index in [2.05, 4.69) is 25.3 Å². The van der Waals surface area contributed by atoms with Gasteiger partial charge in [0.05, 0.1) is 35.9 Å². The third-order valence-electron chi connectivity index (χ3n) is 4.18. The Labute approximate surface area is 149 Å². The van der Waals surface area contributed by atoms with Crippen molar-refractivity contribution >= 4 is 28.0 Å². The van der Waals surface area contributed by atoms with Crippen LogP contribution in [0.2, 0.25) is 0 Å². The molecule has 0 unspecified atom stereocenters. The zero-order valence-corrected chi connectivity index (χ0v) is 14.4. The Kier molecular flexibility index (Phi) is 3.96. The topological polar surface area (TPSA) is 92.8 Å². The zero-order chi connectivity index (χ0) is 18.1. The van der Waals surface area contributed by atoms with E-state index < -0.39 is 0 Å². The summed E-state index contributed by atoms with van der Waals surface area (Å²) in [6, 6.07) is 11.2. The Balaban J connectivity index is 1.57. The molecule has 3 heterocycles. The lowest BCUT2D eigenvalue weighted by molar-refractivity contribution is 0.0949. The molecule has 0 saturated heterocycles. The first-order valence-corrected chi connectivity index (χ1v) is 8.17. The number of hydrogen-bond donors (Lipinski definition) is 2. The SMILES string of the molecule is COc1ccc2nc(C)c(C(=O)NCc3nc4ncccc4[nH]3)cc2c1.